The SMILES string of the molecule is COc1cc(I)cc(OC)c1-c1ccccc1. The Balaban J connectivity index is 2.66. The van der Waals surface area contributed by atoms with E-state index in [1.54, 1.807) is 14.2 Å². The van der Waals surface area contributed by atoms with Gasteiger partial charge in [-0.1, -0.05) is 30.3 Å². The molecule has 0 unspecified atom stereocenters. The number of ether oxygens (including phenoxy) is 2. The smallest absolute Gasteiger partial charge is 0.131 e. The van der Waals surface area contributed by atoms with Gasteiger partial charge in [-0.25, -0.2) is 0 Å². The molecule has 2 aromatic carbocycles. The molecule has 0 spiro atoms. The summed E-state index contributed by atoms with van der Waals surface area (Å²) >= 11 is 2.25. The normalized spacial score (nSPS) is 10.1. The van der Waals surface area contributed by atoms with Gasteiger partial charge >= 0.3 is 0 Å². The molecule has 88 valence electrons. The first-order valence-electron chi connectivity index (χ1n) is 5.23. The number of hydrogen-bond donors (Lipinski definition) is 0. The fraction of sp³-hybridized carbons (Fsp3) is 0.143. The topological polar surface area (TPSA) is 18.5 Å². The molecule has 0 N–H and O–H groups in total. The van der Waals surface area contributed by atoms with Gasteiger partial charge in [-0.2, -0.15) is 0 Å². The van der Waals surface area contributed by atoms with Crippen LogP contribution in [0.15, 0.2) is 42.5 Å². The van der Waals surface area contributed by atoms with E-state index in [1.165, 1.54) is 0 Å². The largest absolute Gasteiger partial charge is 0.496 e. The van der Waals surface area contributed by atoms with E-state index in [-0.39, 0.29) is 0 Å². The van der Waals surface area contributed by atoms with Gasteiger partial charge in [-0.15, -0.1) is 0 Å². The maximum Gasteiger partial charge on any atom is 0.131 e. The molecule has 0 heterocycles. The Morgan fingerprint density at radius 1 is 0.882 bits per heavy atom. The van der Waals surface area contributed by atoms with Crippen molar-refractivity contribution in [3.05, 3.63) is 46.0 Å². The maximum atomic E-state index is 5.44. The average molecular weight is 340 g/mol. The molecule has 3 heteroatoms. The predicted molar refractivity (Wildman–Crippen MR) is 77.7 cm³/mol. The average Bonchev–Trinajstić information content (AvgIpc) is 2.38. The van der Waals surface area contributed by atoms with Crippen molar-refractivity contribution in [3.8, 4) is 22.6 Å². The lowest BCUT2D eigenvalue weighted by atomic mass is 10.0. The zero-order valence-electron chi connectivity index (χ0n) is 9.74. The van der Waals surface area contributed by atoms with Crippen LogP contribution in [0.25, 0.3) is 11.1 Å². The van der Waals surface area contributed by atoms with Crippen LogP contribution in [-0.4, -0.2) is 14.2 Å². The van der Waals surface area contributed by atoms with E-state index in [0.29, 0.717) is 0 Å². The summed E-state index contributed by atoms with van der Waals surface area (Å²) in [5, 5.41) is 0. The van der Waals surface area contributed by atoms with Crippen molar-refractivity contribution < 1.29 is 9.47 Å². The summed E-state index contributed by atoms with van der Waals surface area (Å²) in [4.78, 5) is 0. The van der Waals surface area contributed by atoms with E-state index in [0.717, 1.165) is 26.2 Å². The van der Waals surface area contributed by atoms with E-state index in [4.69, 9.17) is 9.47 Å². The minimum Gasteiger partial charge on any atom is -0.496 e. The first kappa shape index (κ1) is 12.2. The van der Waals surface area contributed by atoms with E-state index in [1.807, 2.05) is 42.5 Å². The second-order valence-electron chi connectivity index (χ2n) is 3.55. The van der Waals surface area contributed by atoms with Crippen LogP contribution in [0, 0.1) is 3.57 Å². The van der Waals surface area contributed by atoms with E-state index in [9.17, 15) is 0 Å². The maximum absolute atomic E-state index is 5.44. The third-order valence-corrected chi connectivity index (χ3v) is 3.16. The summed E-state index contributed by atoms with van der Waals surface area (Å²) in [6.45, 7) is 0. The number of benzene rings is 2. The van der Waals surface area contributed by atoms with Gasteiger partial charge in [0.2, 0.25) is 0 Å². The molecule has 0 aliphatic carbocycles. The minimum atomic E-state index is 0.833. The van der Waals surface area contributed by atoms with Gasteiger partial charge < -0.3 is 9.47 Å². The molecule has 2 rings (SSSR count). The second kappa shape index (κ2) is 5.40. The summed E-state index contributed by atoms with van der Waals surface area (Å²) < 4.78 is 12.0. The monoisotopic (exact) mass is 340 g/mol. The van der Waals surface area contributed by atoms with Gasteiger partial charge in [0, 0.05) is 3.57 Å². The Kier molecular flexibility index (Phi) is 3.89. The predicted octanol–water partition coefficient (Wildman–Crippen LogP) is 3.98. The van der Waals surface area contributed by atoms with Crippen molar-refractivity contribution in [1.29, 1.82) is 0 Å². The molecule has 2 aromatic rings. The molecule has 0 fully saturated rings. The molecule has 2 nitrogen and oxygen atoms in total. The van der Waals surface area contributed by atoms with E-state index < -0.39 is 0 Å². The first-order valence-corrected chi connectivity index (χ1v) is 6.31. The molecule has 0 saturated heterocycles. The lowest BCUT2D eigenvalue weighted by Crippen LogP contribution is -1.94. The van der Waals surface area contributed by atoms with Crippen molar-refractivity contribution in [1.82, 2.24) is 0 Å². The van der Waals surface area contributed by atoms with Crippen molar-refractivity contribution >= 4 is 22.6 Å². The third kappa shape index (κ3) is 2.54. The van der Waals surface area contributed by atoms with Crippen LogP contribution in [-0.2, 0) is 0 Å². The third-order valence-electron chi connectivity index (χ3n) is 2.53. The molecular formula is C14H13IO2. The lowest BCUT2D eigenvalue weighted by molar-refractivity contribution is 0.397. The fourth-order valence-corrected chi connectivity index (χ4v) is 2.33. The zero-order valence-corrected chi connectivity index (χ0v) is 11.9. The highest BCUT2D eigenvalue weighted by Crippen LogP contribution is 2.39. The number of hydrogen-bond acceptors (Lipinski definition) is 2. The van der Waals surface area contributed by atoms with Crippen LogP contribution in [0.2, 0.25) is 0 Å². The molecule has 0 radical (unpaired) electrons. The number of halogens is 1. The summed E-state index contributed by atoms with van der Waals surface area (Å²) in [7, 11) is 3.36. The Bertz CT molecular complexity index is 484. The Labute approximate surface area is 115 Å². The van der Waals surface area contributed by atoms with Gasteiger partial charge in [0.1, 0.15) is 11.5 Å². The van der Waals surface area contributed by atoms with Crippen molar-refractivity contribution in [2.45, 2.75) is 0 Å². The Hall–Kier alpha value is -1.23. The highest BCUT2D eigenvalue weighted by atomic mass is 127. The molecule has 0 aromatic heterocycles. The van der Waals surface area contributed by atoms with Crippen molar-refractivity contribution in [2.24, 2.45) is 0 Å². The van der Waals surface area contributed by atoms with Gasteiger partial charge in [-0.05, 0) is 40.3 Å². The van der Waals surface area contributed by atoms with Crippen LogP contribution in [0.1, 0.15) is 0 Å². The van der Waals surface area contributed by atoms with Gasteiger partial charge in [0.25, 0.3) is 0 Å². The molecule has 0 amide bonds. The lowest BCUT2D eigenvalue weighted by Gasteiger charge is -2.14. The van der Waals surface area contributed by atoms with Crippen molar-refractivity contribution in [2.75, 3.05) is 14.2 Å². The zero-order chi connectivity index (χ0) is 12.3. The molecule has 0 aliphatic rings. The van der Waals surface area contributed by atoms with Gasteiger partial charge in [-0.3, -0.25) is 0 Å². The summed E-state index contributed by atoms with van der Waals surface area (Å²) in [6, 6.07) is 14.1. The summed E-state index contributed by atoms with van der Waals surface area (Å²) in [6.07, 6.45) is 0. The quantitative estimate of drug-likeness (QED) is 0.787. The van der Waals surface area contributed by atoms with Crippen LogP contribution in [0.3, 0.4) is 0 Å². The molecular weight excluding hydrogens is 327 g/mol. The van der Waals surface area contributed by atoms with Gasteiger partial charge in [0.15, 0.2) is 0 Å². The van der Waals surface area contributed by atoms with E-state index >= 15 is 0 Å². The highest BCUT2D eigenvalue weighted by molar-refractivity contribution is 14.1. The van der Waals surface area contributed by atoms with Crippen LogP contribution in [0.5, 0.6) is 11.5 Å². The molecule has 0 aliphatic heterocycles. The van der Waals surface area contributed by atoms with Crippen LogP contribution >= 0.6 is 22.6 Å². The van der Waals surface area contributed by atoms with Crippen molar-refractivity contribution in [3.63, 3.8) is 0 Å². The first-order chi connectivity index (χ1) is 8.26. The van der Waals surface area contributed by atoms with E-state index in [2.05, 4.69) is 22.6 Å². The molecule has 17 heavy (non-hydrogen) atoms. The Morgan fingerprint density at radius 3 is 1.88 bits per heavy atom. The highest BCUT2D eigenvalue weighted by Gasteiger charge is 2.13. The minimum absolute atomic E-state index is 0.833. The second-order valence-corrected chi connectivity index (χ2v) is 4.80. The molecule has 0 atom stereocenters. The fourth-order valence-electron chi connectivity index (χ4n) is 1.77. The molecule has 0 bridgehead atoms. The van der Waals surface area contributed by atoms with Gasteiger partial charge in [0.05, 0.1) is 19.8 Å². The van der Waals surface area contributed by atoms with Crippen LogP contribution < -0.4 is 9.47 Å². The Morgan fingerprint density at radius 2 is 1.41 bits per heavy atom. The number of methoxy groups -OCH3 is 2. The summed E-state index contributed by atoms with van der Waals surface area (Å²) in [5.41, 5.74) is 2.09. The summed E-state index contributed by atoms with van der Waals surface area (Å²) in [5.74, 6) is 1.67. The standard InChI is InChI=1S/C14H13IO2/c1-16-12-8-11(15)9-13(17-2)14(12)10-6-4-3-5-7-10/h3-9H,1-2H3. The number of rotatable bonds is 3. The molecule has 0 saturated carbocycles. The van der Waals surface area contributed by atoms with Crippen LogP contribution in [0.4, 0.5) is 0 Å².